The van der Waals surface area contributed by atoms with Crippen molar-refractivity contribution in [2.24, 2.45) is 15.7 Å². The van der Waals surface area contributed by atoms with Gasteiger partial charge in [0.25, 0.3) is 0 Å². The third-order valence-corrected chi connectivity index (χ3v) is 2.27. The molecule has 0 saturated heterocycles. The molecule has 0 fully saturated rings. The van der Waals surface area contributed by atoms with E-state index in [4.69, 9.17) is 11.5 Å². The van der Waals surface area contributed by atoms with Gasteiger partial charge in [-0.15, -0.1) is 0 Å². The van der Waals surface area contributed by atoms with E-state index in [1.807, 2.05) is 0 Å². The van der Waals surface area contributed by atoms with Gasteiger partial charge >= 0.3 is 0 Å². The van der Waals surface area contributed by atoms with Gasteiger partial charge in [0.1, 0.15) is 5.69 Å². The molecule has 1 aromatic heterocycles. The molecule has 0 radical (unpaired) electrons. The monoisotopic (exact) mass is 262 g/mol. The number of benzene rings is 1. The number of amidine groups is 1. The first-order valence-corrected chi connectivity index (χ1v) is 5.26. The van der Waals surface area contributed by atoms with E-state index >= 15 is 0 Å². The van der Waals surface area contributed by atoms with Crippen LogP contribution in [0.2, 0.25) is 0 Å². The van der Waals surface area contributed by atoms with E-state index in [2.05, 4.69) is 24.9 Å². The van der Waals surface area contributed by atoms with Gasteiger partial charge in [-0.05, 0) is 16.4 Å². The normalized spacial score (nSPS) is 12.2. The highest BCUT2D eigenvalue weighted by Gasteiger charge is 2.12. The Labute approximate surface area is 107 Å². The van der Waals surface area contributed by atoms with Crippen molar-refractivity contribution in [3.05, 3.63) is 35.3 Å². The fourth-order valence-electron chi connectivity index (χ4n) is 1.42. The van der Waals surface area contributed by atoms with Crippen LogP contribution in [0.15, 0.2) is 32.8 Å². The summed E-state index contributed by atoms with van der Waals surface area (Å²) in [7, 11) is 1.55. The summed E-state index contributed by atoms with van der Waals surface area (Å²) < 4.78 is 18.4. The lowest BCUT2D eigenvalue weighted by atomic mass is 10.2. The standard InChI is InChI=1S/C11H11FN6O/c1-15-5-6-3-2-4-7(8(6)12)16-10(13)9-11(14)18-19-17-9/h2-5H,1H3,(H2,13,16)(H2,14,18). The van der Waals surface area contributed by atoms with Gasteiger partial charge in [-0.25, -0.2) is 14.0 Å². The molecule has 98 valence electrons. The Kier molecular flexibility index (Phi) is 3.51. The summed E-state index contributed by atoms with van der Waals surface area (Å²) in [5.41, 5.74) is 11.6. The molecule has 0 aliphatic carbocycles. The number of hydrogen-bond donors (Lipinski definition) is 2. The summed E-state index contributed by atoms with van der Waals surface area (Å²) in [6.07, 6.45) is 1.39. The van der Waals surface area contributed by atoms with Crippen LogP contribution in [0.5, 0.6) is 0 Å². The molecule has 2 aromatic rings. The second-order valence-electron chi connectivity index (χ2n) is 3.56. The zero-order valence-electron chi connectivity index (χ0n) is 10.0. The van der Waals surface area contributed by atoms with Crippen molar-refractivity contribution in [3.8, 4) is 0 Å². The first-order chi connectivity index (χ1) is 9.13. The second-order valence-corrected chi connectivity index (χ2v) is 3.56. The van der Waals surface area contributed by atoms with Crippen LogP contribution in [0.4, 0.5) is 15.9 Å². The first-order valence-electron chi connectivity index (χ1n) is 5.26. The largest absolute Gasteiger partial charge is 0.382 e. The molecule has 19 heavy (non-hydrogen) atoms. The number of nitrogens with zero attached hydrogens (tertiary/aromatic N) is 4. The van der Waals surface area contributed by atoms with E-state index < -0.39 is 5.82 Å². The zero-order valence-corrected chi connectivity index (χ0v) is 10.0. The van der Waals surface area contributed by atoms with Crippen LogP contribution in [-0.4, -0.2) is 29.4 Å². The molecule has 7 nitrogen and oxygen atoms in total. The van der Waals surface area contributed by atoms with Gasteiger partial charge in [0, 0.05) is 18.8 Å². The van der Waals surface area contributed by atoms with Crippen LogP contribution in [-0.2, 0) is 0 Å². The van der Waals surface area contributed by atoms with E-state index in [0.717, 1.165) is 0 Å². The maximum Gasteiger partial charge on any atom is 0.199 e. The average Bonchev–Trinajstić information content (AvgIpc) is 2.81. The average molecular weight is 262 g/mol. The topological polar surface area (TPSA) is 116 Å². The number of hydrogen-bond acceptors (Lipinski definition) is 6. The summed E-state index contributed by atoms with van der Waals surface area (Å²) >= 11 is 0. The number of rotatable bonds is 3. The highest BCUT2D eigenvalue weighted by molar-refractivity contribution is 6.00. The molecule has 0 spiro atoms. The van der Waals surface area contributed by atoms with Gasteiger partial charge < -0.3 is 11.5 Å². The number of anilines is 1. The van der Waals surface area contributed by atoms with Crippen molar-refractivity contribution >= 4 is 23.6 Å². The van der Waals surface area contributed by atoms with Crippen LogP contribution >= 0.6 is 0 Å². The van der Waals surface area contributed by atoms with Gasteiger partial charge in [-0.2, -0.15) is 0 Å². The number of nitrogen functional groups attached to an aromatic ring is 1. The first kappa shape index (κ1) is 12.7. The third kappa shape index (κ3) is 2.57. The summed E-state index contributed by atoms with van der Waals surface area (Å²) in [6, 6.07) is 4.68. The fourth-order valence-corrected chi connectivity index (χ4v) is 1.42. The lowest BCUT2D eigenvalue weighted by molar-refractivity contribution is 0.308. The summed E-state index contributed by atoms with van der Waals surface area (Å²) in [5, 5.41) is 6.85. The Hall–Kier alpha value is -2.77. The van der Waals surface area contributed by atoms with Crippen molar-refractivity contribution in [2.75, 3.05) is 12.8 Å². The summed E-state index contributed by atoms with van der Waals surface area (Å²) in [5.74, 6) is -0.623. The van der Waals surface area contributed by atoms with E-state index in [9.17, 15) is 4.39 Å². The molecule has 0 amide bonds. The van der Waals surface area contributed by atoms with Crippen molar-refractivity contribution < 1.29 is 9.02 Å². The molecular formula is C11H11FN6O. The maximum atomic E-state index is 14.0. The quantitative estimate of drug-likeness (QED) is 0.629. The minimum atomic E-state index is -0.536. The molecule has 0 atom stereocenters. The van der Waals surface area contributed by atoms with E-state index in [1.165, 1.54) is 12.3 Å². The Morgan fingerprint density at radius 1 is 1.42 bits per heavy atom. The Bertz CT molecular complexity index is 648. The third-order valence-electron chi connectivity index (χ3n) is 2.27. The van der Waals surface area contributed by atoms with E-state index in [1.54, 1.807) is 19.2 Å². The summed E-state index contributed by atoms with van der Waals surface area (Å²) in [6.45, 7) is 0. The number of halogens is 1. The molecule has 0 saturated carbocycles. The number of aromatic nitrogens is 2. The Morgan fingerprint density at radius 3 is 2.84 bits per heavy atom. The SMILES string of the molecule is CN=Cc1cccc(N=C(N)c2nonc2N)c1F. The number of aliphatic imine (C=N–C) groups is 2. The lowest BCUT2D eigenvalue weighted by Crippen LogP contribution is -2.15. The molecule has 1 heterocycles. The van der Waals surface area contributed by atoms with Crippen LogP contribution in [0.25, 0.3) is 0 Å². The predicted molar refractivity (Wildman–Crippen MR) is 69.0 cm³/mol. The van der Waals surface area contributed by atoms with Crippen LogP contribution in [0.3, 0.4) is 0 Å². The molecular weight excluding hydrogens is 251 g/mol. The molecule has 0 aliphatic rings. The van der Waals surface area contributed by atoms with E-state index in [0.29, 0.717) is 5.56 Å². The highest BCUT2D eigenvalue weighted by atomic mass is 19.1. The van der Waals surface area contributed by atoms with Gasteiger partial charge in [0.2, 0.25) is 0 Å². The van der Waals surface area contributed by atoms with Crippen molar-refractivity contribution in [1.82, 2.24) is 10.3 Å². The molecule has 8 heteroatoms. The minimum absolute atomic E-state index is 0.00654. The second kappa shape index (κ2) is 5.25. The Morgan fingerprint density at radius 2 is 2.21 bits per heavy atom. The summed E-state index contributed by atoms with van der Waals surface area (Å²) in [4.78, 5) is 7.67. The maximum absolute atomic E-state index is 14.0. The molecule has 0 unspecified atom stereocenters. The smallest absolute Gasteiger partial charge is 0.199 e. The predicted octanol–water partition coefficient (Wildman–Crippen LogP) is 0.877. The Balaban J connectivity index is 2.43. The van der Waals surface area contributed by atoms with Crippen molar-refractivity contribution in [1.29, 1.82) is 0 Å². The van der Waals surface area contributed by atoms with Crippen LogP contribution in [0, 0.1) is 5.82 Å². The van der Waals surface area contributed by atoms with Crippen LogP contribution < -0.4 is 11.5 Å². The molecule has 0 aliphatic heterocycles. The van der Waals surface area contributed by atoms with Gasteiger partial charge in [-0.3, -0.25) is 4.99 Å². The van der Waals surface area contributed by atoms with Gasteiger partial charge in [-0.1, -0.05) is 12.1 Å². The molecule has 4 N–H and O–H groups in total. The van der Waals surface area contributed by atoms with Crippen molar-refractivity contribution in [2.45, 2.75) is 0 Å². The molecule has 2 rings (SSSR count). The van der Waals surface area contributed by atoms with Gasteiger partial charge in [0.05, 0.1) is 0 Å². The minimum Gasteiger partial charge on any atom is -0.382 e. The lowest BCUT2D eigenvalue weighted by Gasteiger charge is -2.01. The molecule has 0 bridgehead atoms. The zero-order chi connectivity index (χ0) is 13.8. The number of nitrogens with two attached hydrogens (primary N) is 2. The highest BCUT2D eigenvalue weighted by Crippen LogP contribution is 2.21. The fraction of sp³-hybridized carbons (Fsp3) is 0.0909. The molecule has 1 aromatic carbocycles. The van der Waals surface area contributed by atoms with Crippen molar-refractivity contribution in [3.63, 3.8) is 0 Å². The van der Waals surface area contributed by atoms with E-state index in [-0.39, 0.29) is 23.0 Å². The van der Waals surface area contributed by atoms with Crippen LogP contribution in [0.1, 0.15) is 11.3 Å². The van der Waals surface area contributed by atoms with Gasteiger partial charge in [0.15, 0.2) is 23.2 Å².